The lowest BCUT2D eigenvalue weighted by atomic mass is 9.96. The maximum Gasteiger partial charge on any atom is 0.227 e. The van der Waals surface area contributed by atoms with Crippen LogP contribution in [0.25, 0.3) is 0 Å². The predicted octanol–water partition coefficient (Wildman–Crippen LogP) is 3.20. The standard InChI is InChI=1S/C19H18N2O3/c1-13(20-24)19(23)16-7-9-17-15(11-16)8-10-18(22)21(17)12-14-5-3-2-4-6-14/h2-7,9,11,24H,8,10,12H2,1H3/b20-13-. The first-order chi connectivity index (χ1) is 11.6. The third-order valence-electron chi connectivity index (χ3n) is 4.20. The lowest BCUT2D eigenvalue weighted by Gasteiger charge is -2.30. The number of amides is 1. The number of fused-ring (bicyclic) bond motifs is 1. The number of carbonyl (C=O) groups excluding carboxylic acids is 2. The number of rotatable bonds is 4. The summed E-state index contributed by atoms with van der Waals surface area (Å²) >= 11 is 0. The average molecular weight is 322 g/mol. The van der Waals surface area contributed by atoms with Gasteiger partial charge in [-0.15, -0.1) is 0 Å². The first-order valence-corrected chi connectivity index (χ1v) is 7.80. The van der Waals surface area contributed by atoms with E-state index in [9.17, 15) is 9.59 Å². The molecule has 0 saturated carbocycles. The van der Waals surface area contributed by atoms with Crippen molar-refractivity contribution in [2.75, 3.05) is 4.90 Å². The van der Waals surface area contributed by atoms with Gasteiger partial charge in [-0.1, -0.05) is 35.5 Å². The van der Waals surface area contributed by atoms with E-state index >= 15 is 0 Å². The van der Waals surface area contributed by atoms with Crippen LogP contribution < -0.4 is 4.90 Å². The lowest BCUT2D eigenvalue weighted by Crippen LogP contribution is -2.34. The molecule has 0 aliphatic carbocycles. The van der Waals surface area contributed by atoms with Crippen molar-refractivity contribution >= 4 is 23.1 Å². The molecule has 0 bridgehead atoms. The zero-order valence-electron chi connectivity index (χ0n) is 13.4. The Hall–Kier alpha value is -2.95. The van der Waals surface area contributed by atoms with E-state index in [1.807, 2.05) is 30.3 Å². The number of ketones is 1. The van der Waals surface area contributed by atoms with Gasteiger partial charge in [-0.2, -0.15) is 0 Å². The van der Waals surface area contributed by atoms with Gasteiger partial charge < -0.3 is 10.1 Å². The molecule has 1 heterocycles. The quantitative estimate of drug-likeness (QED) is 0.407. The van der Waals surface area contributed by atoms with E-state index in [2.05, 4.69) is 5.16 Å². The van der Waals surface area contributed by atoms with Gasteiger partial charge in [-0.25, -0.2) is 0 Å². The summed E-state index contributed by atoms with van der Waals surface area (Å²) in [6, 6.07) is 15.1. The van der Waals surface area contributed by atoms with E-state index in [0.29, 0.717) is 24.9 Å². The first-order valence-electron chi connectivity index (χ1n) is 7.80. The normalized spacial score (nSPS) is 14.5. The molecule has 1 aliphatic rings. The Labute approximate surface area is 140 Å². The second-order valence-corrected chi connectivity index (χ2v) is 5.82. The van der Waals surface area contributed by atoms with Crippen molar-refractivity contribution in [2.24, 2.45) is 5.16 Å². The highest BCUT2D eigenvalue weighted by Gasteiger charge is 2.25. The number of Topliss-reactive ketones (excluding diaryl/α,β-unsaturated/α-hetero) is 1. The third-order valence-corrected chi connectivity index (χ3v) is 4.20. The number of hydrogen-bond donors (Lipinski definition) is 1. The molecule has 5 nitrogen and oxygen atoms in total. The summed E-state index contributed by atoms with van der Waals surface area (Å²) in [6.45, 7) is 1.98. The second-order valence-electron chi connectivity index (χ2n) is 5.82. The molecule has 5 heteroatoms. The molecule has 1 N–H and O–H groups in total. The summed E-state index contributed by atoms with van der Waals surface area (Å²) in [5, 5.41) is 11.7. The number of carbonyl (C=O) groups is 2. The molecule has 1 amide bonds. The van der Waals surface area contributed by atoms with Crippen molar-refractivity contribution in [3.05, 3.63) is 65.2 Å². The minimum atomic E-state index is -0.313. The van der Waals surface area contributed by atoms with Gasteiger partial charge in [0.1, 0.15) is 5.71 Å². The van der Waals surface area contributed by atoms with Crippen LogP contribution in [0, 0.1) is 0 Å². The van der Waals surface area contributed by atoms with E-state index in [0.717, 1.165) is 16.8 Å². The maximum atomic E-state index is 12.3. The molecule has 0 aromatic heterocycles. The molecule has 0 radical (unpaired) electrons. The van der Waals surface area contributed by atoms with Gasteiger partial charge in [0.25, 0.3) is 0 Å². The minimum absolute atomic E-state index is 0.0444. The Morgan fingerprint density at radius 2 is 1.92 bits per heavy atom. The van der Waals surface area contributed by atoms with Crippen LogP contribution in [0.5, 0.6) is 0 Å². The van der Waals surface area contributed by atoms with Crippen LogP contribution in [-0.2, 0) is 17.8 Å². The highest BCUT2D eigenvalue weighted by Crippen LogP contribution is 2.30. The fraction of sp³-hybridized carbons (Fsp3) is 0.211. The molecular weight excluding hydrogens is 304 g/mol. The Bertz CT molecular complexity index is 813. The van der Waals surface area contributed by atoms with E-state index in [1.54, 1.807) is 23.1 Å². The Morgan fingerprint density at radius 3 is 2.62 bits per heavy atom. The molecule has 3 rings (SSSR count). The Morgan fingerprint density at radius 1 is 1.17 bits per heavy atom. The van der Waals surface area contributed by atoms with Crippen molar-refractivity contribution in [1.82, 2.24) is 0 Å². The van der Waals surface area contributed by atoms with Crippen LogP contribution in [0.1, 0.15) is 34.8 Å². The number of hydrogen-bond acceptors (Lipinski definition) is 4. The van der Waals surface area contributed by atoms with E-state index in [-0.39, 0.29) is 17.4 Å². The topological polar surface area (TPSA) is 70.0 Å². The second kappa shape index (κ2) is 6.66. The van der Waals surface area contributed by atoms with Gasteiger partial charge in [0, 0.05) is 17.7 Å². The molecule has 2 aromatic rings. The van der Waals surface area contributed by atoms with Crippen LogP contribution in [0.4, 0.5) is 5.69 Å². The molecule has 1 aliphatic heterocycles. The molecule has 122 valence electrons. The zero-order chi connectivity index (χ0) is 17.1. The van der Waals surface area contributed by atoms with Crippen molar-refractivity contribution in [3.8, 4) is 0 Å². The summed E-state index contributed by atoms with van der Waals surface area (Å²) < 4.78 is 0. The van der Waals surface area contributed by atoms with Gasteiger partial charge in [-0.05, 0) is 42.7 Å². The molecule has 0 atom stereocenters. The number of oxime groups is 1. The smallest absolute Gasteiger partial charge is 0.227 e. The van der Waals surface area contributed by atoms with Crippen molar-refractivity contribution in [1.29, 1.82) is 0 Å². The molecule has 2 aromatic carbocycles. The highest BCUT2D eigenvalue weighted by atomic mass is 16.4. The van der Waals surface area contributed by atoms with Gasteiger partial charge in [-0.3, -0.25) is 9.59 Å². The van der Waals surface area contributed by atoms with Gasteiger partial charge >= 0.3 is 0 Å². The summed E-state index contributed by atoms with van der Waals surface area (Å²) in [7, 11) is 0. The molecule has 0 saturated heterocycles. The minimum Gasteiger partial charge on any atom is -0.411 e. The van der Waals surface area contributed by atoms with Crippen molar-refractivity contribution < 1.29 is 14.8 Å². The average Bonchev–Trinajstić information content (AvgIpc) is 2.63. The molecule has 0 fully saturated rings. The third kappa shape index (κ3) is 3.06. The molecule has 0 spiro atoms. The van der Waals surface area contributed by atoms with Crippen LogP contribution in [0.15, 0.2) is 53.7 Å². The number of benzene rings is 2. The predicted molar refractivity (Wildman–Crippen MR) is 91.6 cm³/mol. The summed E-state index contributed by atoms with van der Waals surface area (Å²) in [5.41, 5.74) is 3.37. The summed E-state index contributed by atoms with van der Waals surface area (Å²) in [4.78, 5) is 26.2. The summed E-state index contributed by atoms with van der Waals surface area (Å²) in [5.74, 6) is -0.231. The Balaban J connectivity index is 1.93. The number of anilines is 1. The van der Waals surface area contributed by atoms with Crippen molar-refractivity contribution in [2.45, 2.75) is 26.3 Å². The first kappa shape index (κ1) is 15.9. The van der Waals surface area contributed by atoms with E-state index in [4.69, 9.17) is 5.21 Å². The molecule has 0 unspecified atom stereocenters. The number of aryl methyl sites for hydroxylation is 1. The maximum absolute atomic E-state index is 12.3. The molecular formula is C19H18N2O3. The SMILES string of the molecule is C/C(=N/O)C(=O)c1ccc2c(c1)CCC(=O)N2Cc1ccccc1. The zero-order valence-corrected chi connectivity index (χ0v) is 13.4. The largest absolute Gasteiger partial charge is 0.411 e. The fourth-order valence-corrected chi connectivity index (χ4v) is 2.89. The van der Waals surface area contributed by atoms with Crippen molar-refractivity contribution in [3.63, 3.8) is 0 Å². The fourth-order valence-electron chi connectivity index (χ4n) is 2.89. The van der Waals surface area contributed by atoms with Crippen LogP contribution in [0.3, 0.4) is 0 Å². The lowest BCUT2D eigenvalue weighted by molar-refractivity contribution is -0.119. The Kier molecular flexibility index (Phi) is 4.42. The monoisotopic (exact) mass is 322 g/mol. The van der Waals surface area contributed by atoms with Crippen LogP contribution in [0.2, 0.25) is 0 Å². The number of nitrogens with zero attached hydrogens (tertiary/aromatic N) is 2. The highest BCUT2D eigenvalue weighted by molar-refractivity contribution is 6.45. The van der Waals surface area contributed by atoms with E-state index < -0.39 is 0 Å². The van der Waals surface area contributed by atoms with Crippen LogP contribution in [-0.4, -0.2) is 22.6 Å². The van der Waals surface area contributed by atoms with Gasteiger partial charge in [0.2, 0.25) is 11.7 Å². The van der Waals surface area contributed by atoms with E-state index in [1.165, 1.54) is 6.92 Å². The molecule has 24 heavy (non-hydrogen) atoms. The summed E-state index contributed by atoms with van der Waals surface area (Å²) in [6.07, 6.45) is 1.03. The van der Waals surface area contributed by atoms with Crippen LogP contribution >= 0.6 is 0 Å². The van der Waals surface area contributed by atoms with Gasteiger partial charge in [0.15, 0.2) is 0 Å². The van der Waals surface area contributed by atoms with Gasteiger partial charge in [0.05, 0.1) is 6.54 Å².